The van der Waals surface area contributed by atoms with Crippen LogP contribution in [0, 0.1) is 29.1 Å². The van der Waals surface area contributed by atoms with Crippen molar-refractivity contribution in [2.24, 2.45) is 29.1 Å². The molecule has 0 aromatic rings. The number of halogens is 1. The monoisotopic (exact) mass is 355 g/mol. The van der Waals surface area contributed by atoms with Crippen LogP contribution in [-0.2, 0) is 4.79 Å². The third-order valence-corrected chi connectivity index (χ3v) is 6.65. The molecular weight excluding hydrogens is 326 g/mol. The van der Waals surface area contributed by atoms with Crippen molar-refractivity contribution in [2.45, 2.75) is 70.0 Å². The fourth-order valence-corrected chi connectivity index (χ4v) is 6.64. The number of hydrogen-bond donors (Lipinski definition) is 1. The average Bonchev–Trinajstić information content (AvgIpc) is 2.33. The van der Waals surface area contributed by atoms with Crippen molar-refractivity contribution in [3.05, 3.63) is 0 Å². The standard InChI is InChI=1S/C18H30BrNO/c1-12(2)3-16(19)11-20-17(21)10-18-7-13-4-14(8-18)6-15(5-13)9-18/h12-16H,3-11H2,1-2H3,(H,20,21). The average molecular weight is 356 g/mol. The lowest BCUT2D eigenvalue weighted by Crippen LogP contribution is -2.48. The summed E-state index contributed by atoms with van der Waals surface area (Å²) in [5, 5.41) is 3.18. The van der Waals surface area contributed by atoms with Crippen LogP contribution >= 0.6 is 15.9 Å². The van der Waals surface area contributed by atoms with Gasteiger partial charge in [-0.1, -0.05) is 29.8 Å². The third-order valence-electron chi connectivity index (χ3n) is 5.95. The Bertz CT molecular complexity index is 357. The summed E-state index contributed by atoms with van der Waals surface area (Å²) in [6, 6.07) is 0. The van der Waals surface area contributed by atoms with Crippen molar-refractivity contribution in [1.82, 2.24) is 5.32 Å². The molecule has 4 aliphatic carbocycles. The lowest BCUT2D eigenvalue weighted by molar-refractivity contribution is -0.129. The molecule has 1 atom stereocenters. The van der Waals surface area contributed by atoms with Gasteiger partial charge >= 0.3 is 0 Å². The third kappa shape index (κ3) is 3.83. The summed E-state index contributed by atoms with van der Waals surface area (Å²) in [7, 11) is 0. The molecule has 4 bridgehead atoms. The Hall–Kier alpha value is -0.0500. The molecule has 0 aromatic carbocycles. The van der Waals surface area contributed by atoms with E-state index in [-0.39, 0.29) is 0 Å². The largest absolute Gasteiger partial charge is 0.355 e. The summed E-state index contributed by atoms with van der Waals surface area (Å²) in [5.41, 5.74) is 0.374. The predicted molar refractivity (Wildman–Crippen MR) is 90.4 cm³/mol. The second-order valence-corrected chi connectivity index (χ2v) is 9.92. The normalized spacial score (nSPS) is 38.8. The molecule has 0 radical (unpaired) electrons. The van der Waals surface area contributed by atoms with Gasteiger partial charge in [0.15, 0.2) is 0 Å². The maximum absolute atomic E-state index is 12.4. The first-order valence-corrected chi connectivity index (χ1v) is 9.76. The number of alkyl halides is 1. The zero-order valence-electron chi connectivity index (χ0n) is 13.5. The quantitative estimate of drug-likeness (QED) is 0.697. The fourth-order valence-electron chi connectivity index (χ4n) is 5.73. The highest BCUT2D eigenvalue weighted by molar-refractivity contribution is 9.09. The zero-order chi connectivity index (χ0) is 15.0. The topological polar surface area (TPSA) is 29.1 Å². The Balaban J connectivity index is 1.49. The van der Waals surface area contributed by atoms with E-state index in [4.69, 9.17) is 0 Å². The van der Waals surface area contributed by atoms with Gasteiger partial charge in [-0.3, -0.25) is 4.79 Å². The summed E-state index contributed by atoms with van der Waals surface area (Å²) < 4.78 is 0. The summed E-state index contributed by atoms with van der Waals surface area (Å²) >= 11 is 3.69. The minimum Gasteiger partial charge on any atom is -0.355 e. The minimum atomic E-state index is 0.296. The fraction of sp³-hybridized carbons (Fsp3) is 0.944. The van der Waals surface area contributed by atoms with Gasteiger partial charge in [-0.05, 0) is 74.0 Å². The van der Waals surface area contributed by atoms with Gasteiger partial charge in [0.25, 0.3) is 0 Å². The zero-order valence-corrected chi connectivity index (χ0v) is 15.1. The second kappa shape index (κ2) is 6.22. The van der Waals surface area contributed by atoms with E-state index in [0.29, 0.717) is 22.1 Å². The second-order valence-electron chi connectivity index (χ2n) is 8.63. The van der Waals surface area contributed by atoms with Crippen LogP contribution in [0.3, 0.4) is 0 Å². The van der Waals surface area contributed by atoms with E-state index in [9.17, 15) is 4.79 Å². The smallest absolute Gasteiger partial charge is 0.220 e. The molecule has 0 aromatic heterocycles. The lowest BCUT2D eigenvalue weighted by atomic mass is 9.49. The van der Waals surface area contributed by atoms with E-state index < -0.39 is 0 Å². The number of hydrogen-bond acceptors (Lipinski definition) is 1. The van der Waals surface area contributed by atoms with E-state index in [2.05, 4.69) is 35.1 Å². The molecule has 1 amide bonds. The van der Waals surface area contributed by atoms with E-state index in [1.807, 2.05) is 0 Å². The van der Waals surface area contributed by atoms with Gasteiger partial charge < -0.3 is 5.32 Å². The van der Waals surface area contributed by atoms with Crippen molar-refractivity contribution in [3.63, 3.8) is 0 Å². The SMILES string of the molecule is CC(C)CC(Br)CNC(=O)CC12CC3CC(CC(C3)C1)C2. The number of carbonyl (C=O) groups excluding carboxylic acids is 1. The Labute approximate surface area is 138 Å². The number of carbonyl (C=O) groups is 1. The van der Waals surface area contributed by atoms with Crippen molar-refractivity contribution >= 4 is 21.8 Å². The molecular formula is C18H30BrNO. The number of amides is 1. The summed E-state index contributed by atoms with van der Waals surface area (Å²) in [4.78, 5) is 12.8. The van der Waals surface area contributed by atoms with Crippen molar-refractivity contribution in [1.29, 1.82) is 0 Å². The molecule has 21 heavy (non-hydrogen) atoms. The number of rotatable bonds is 6. The van der Waals surface area contributed by atoms with Crippen LogP contribution in [0.5, 0.6) is 0 Å². The van der Waals surface area contributed by atoms with Crippen LogP contribution in [0.4, 0.5) is 0 Å². The molecule has 4 rings (SSSR count). The molecule has 2 nitrogen and oxygen atoms in total. The first-order chi connectivity index (χ1) is 9.94. The highest BCUT2D eigenvalue weighted by atomic mass is 79.9. The van der Waals surface area contributed by atoms with Crippen LogP contribution < -0.4 is 5.32 Å². The molecule has 3 heteroatoms. The molecule has 4 saturated carbocycles. The Morgan fingerprint density at radius 2 is 1.67 bits per heavy atom. The minimum absolute atomic E-state index is 0.296. The van der Waals surface area contributed by atoms with E-state index in [1.165, 1.54) is 38.5 Å². The molecule has 1 N–H and O–H groups in total. The first kappa shape index (κ1) is 15.8. The molecule has 0 aliphatic heterocycles. The van der Waals surface area contributed by atoms with Gasteiger partial charge in [-0.2, -0.15) is 0 Å². The molecule has 4 aliphatic rings. The summed E-state index contributed by atoms with van der Waals surface area (Å²) in [6.07, 6.45) is 10.3. The molecule has 0 heterocycles. The van der Waals surface area contributed by atoms with E-state index >= 15 is 0 Å². The maximum Gasteiger partial charge on any atom is 0.220 e. The summed E-state index contributed by atoms with van der Waals surface area (Å²) in [5.74, 6) is 3.79. The van der Waals surface area contributed by atoms with Crippen LogP contribution in [0.2, 0.25) is 0 Å². The summed E-state index contributed by atoms with van der Waals surface area (Å²) in [6.45, 7) is 5.24. The van der Waals surface area contributed by atoms with E-state index in [1.54, 1.807) is 0 Å². The highest BCUT2D eigenvalue weighted by Gasteiger charge is 2.51. The first-order valence-electron chi connectivity index (χ1n) is 8.85. The van der Waals surface area contributed by atoms with Crippen molar-refractivity contribution in [2.75, 3.05) is 6.54 Å². The van der Waals surface area contributed by atoms with Gasteiger partial charge in [0.2, 0.25) is 5.91 Å². The maximum atomic E-state index is 12.4. The van der Waals surface area contributed by atoms with Crippen molar-refractivity contribution in [3.8, 4) is 0 Å². The molecule has 120 valence electrons. The predicted octanol–water partition coefficient (Wildman–Crippen LogP) is 4.52. The Kier molecular flexibility index (Phi) is 4.69. The van der Waals surface area contributed by atoms with Crippen LogP contribution in [0.25, 0.3) is 0 Å². The van der Waals surface area contributed by atoms with Crippen molar-refractivity contribution < 1.29 is 4.79 Å². The molecule has 0 saturated heterocycles. The van der Waals surface area contributed by atoms with Gasteiger partial charge in [-0.25, -0.2) is 0 Å². The van der Waals surface area contributed by atoms with Crippen LogP contribution in [0.15, 0.2) is 0 Å². The van der Waals surface area contributed by atoms with Gasteiger partial charge in [-0.15, -0.1) is 0 Å². The molecule has 1 unspecified atom stereocenters. The van der Waals surface area contributed by atoms with Crippen LogP contribution in [0.1, 0.15) is 65.2 Å². The molecule has 0 spiro atoms. The van der Waals surface area contributed by atoms with Gasteiger partial charge in [0.05, 0.1) is 0 Å². The number of nitrogens with one attached hydrogen (secondary N) is 1. The van der Waals surface area contributed by atoms with Crippen LogP contribution in [-0.4, -0.2) is 17.3 Å². The van der Waals surface area contributed by atoms with Gasteiger partial charge in [0, 0.05) is 17.8 Å². The Morgan fingerprint density at radius 1 is 1.14 bits per heavy atom. The van der Waals surface area contributed by atoms with Gasteiger partial charge in [0.1, 0.15) is 0 Å². The molecule has 4 fully saturated rings. The van der Waals surface area contributed by atoms with E-state index in [0.717, 1.165) is 37.1 Å². The highest BCUT2D eigenvalue weighted by Crippen LogP contribution is 2.61. The Morgan fingerprint density at radius 3 is 2.14 bits per heavy atom. The lowest BCUT2D eigenvalue weighted by Gasteiger charge is -2.56.